The van der Waals surface area contributed by atoms with Gasteiger partial charge in [0.1, 0.15) is 5.75 Å². The Hall–Kier alpha value is -2.32. The highest BCUT2D eigenvalue weighted by atomic mass is 79.9. The van der Waals surface area contributed by atoms with Gasteiger partial charge in [0.25, 0.3) is 0 Å². The van der Waals surface area contributed by atoms with Crippen molar-refractivity contribution in [3.8, 4) is 5.75 Å². The molecule has 0 fully saturated rings. The van der Waals surface area contributed by atoms with Crippen LogP contribution in [-0.2, 0) is 11.8 Å². The van der Waals surface area contributed by atoms with Crippen molar-refractivity contribution in [2.75, 3.05) is 11.1 Å². The van der Waals surface area contributed by atoms with Crippen LogP contribution in [0.15, 0.2) is 52.1 Å². The third-order valence-electron chi connectivity index (χ3n) is 4.62. The molecule has 0 aliphatic heterocycles. The summed E-state index contributed by atoms with van der Waals surface area (Å²) in [6, 6.07) is 13.4. The topological polar surface area (TPSA) is 69.0 Å². The van der Waals surface area contributed by atoms with Gasteiger partial charge in [-0.25, -0.2) is 0 Å². The predicted octanol–water partition coefficient (Wildman–Crippen LogP) is 5.07. The van der Waals surface area contributed by atoms with Crippen molar-refractivity contribution >= 4 is 39.3 Å². The molecule has 0 spiro atoms. The largest absolute Gasteiger partial charge is 0.483 e. The summed E-state index contributed by atoms with van der Waals surface area (Å²) in [5.41, 5.74) is 2.98. The monoisotopic (exact) mass is 474 g/mol. The van der Waals surface area contributed by atoms with Crippen LogP contribution in [0.2, 0.25) is 0 Å². The van der Waals surface area contributed by atoms with Crippen molar-refractivity contribution < 1.29 is 9.53 Å². The fourth-order valence-electron chi connectivity index (χ4n) is 2.80. The summed E-state index contributed by atoms with van der Waals surface area (Å²) >= 11 is 4.85. The summed E-state index contributed by atoms with van der Waals surface area (Å²) < 4.78 is 8.81. The van der Waals surface area contributed by atoms with Gasteiger partial charge >= 0.3 is 0 Å². The van der Waals surface area contributed by atoms with Gasteiger partial charge in [-0.15, -0.1) is 10.2 Å². The Kier molecular flexibility index (Phi) is 6.97. The number of carbonyl (C=O) groups excluding carboxylic acids is 1. The lowest BCUT2D eigenvalue weighted by molar-refractivity contribution is -0.113. The van der Waals surface area contributed by atoms with Crippen LogP contribution in [0.4, 0.5) is 5.69 Å². The number of carbonyl (C=O) groups is 1. The average Bonchev–Trinajstić information content (AvgIpc) is 3.08. The van der Waals surface area contributed by atoms with Gasteiger partial charge in [-0.1, -0.05) is 45.9 Å². The molecule has 1 atom stereocenters. The molecule has 0 radical (unpaired) electrons. The summed E-state index contributed by atoms with van der Waals surface area (Å²) in [6.45, 7) is 5.94. The molecule has 0 saturated carbocycles. The molecule has 0 bridgehead atoms. The van der Waals surface area contributed by atoms with Crippen LogP contribution < -0.4 is 10.1 Å². The van der Waals surface area contributed by atoms with E-state index in [9.17, 15) is 4.79 Å². The summed E-state index contributed by atoms with van der Waals surface area (Å²) in [7, 11) is 1.88. The molecule has 1 amide bonds. The third-order valence-corrected chi connectivity index (χ3v) is 6.50. The van der Waals surface area contributed by atoms with Crippen LogP contribution in [0.3, 0.4) is 0 Å². The Balaban J connectivity index is 1.60. The Morgan fingerprint density at radius 3 is 2.62 bits per heavy atom. The SMILES string of the molecule is Cc1c(Br)ccc(NC(=O)CSc2nnc(C(C)Oc3ccccc3)n2C)c1C. The molecule has 1 unspecified atom stereocenters. The van der Waals surface area contributed by atoms with Crippen molar-refractivity contribution in [2.24, 2.45) is 7.05 Å². The first-order valence-corrected chi connectivity index (χ1v) is 10.9. The Morgan fingerprint density at radius 1 is 1.17 bits per heavy atom. The van der Waals surface area contributed by atoms with Gasteiger partial charge in [0, 0.05) is 17.2 Å². The van der Waals surface area contributed by atoms with Gasteiger partial charge in [-0.05, 0) is 56.2 Å². The second-order valence-electron chi connectivity index (χ2n) is 6.65. The first-order valence-electron chi connectivity index (χ1n) is 9.16. The van der Waals surface area contributed by atoms with Crippen molar-refractivity contribution in [3.05, 3.63) is 63.9 Å². The molecule has 0 aliphatic carbocycles. The minimum atomic E-state index is -0.258. The minimum Gasteiger partial charge on any atom is -0.483 e. The molecular formula is C21H23BrN4O2S. The summed E-state index contributed by atoms with van der Waals surface area (Å²) in [4.78, 5) is 12.4. The lowest BCUT2D eigenvalue weighted by Gasteiger charge is -2.14. The minimum absolute atomic E-state index is 0.0852. The van der Waals surface area contributed by atoms with Crippen LogP contribution >= 0.6 is 27.7 Å². The predicted molar refractivity (Wildman–Crippen MR) is 119 cm³/mol. The van der Waals surface area contributed by atoms with Crippen molar-refractivity contribution in [1.29, 1.82) is 0 Å². The number of nitrogens with zero attached hydrogens (tertiary/aromatic N) is 3. The third kappa shape index (κ3) is 5.19. The number of rotatable bonds is 7. The van der Waals surface area contributed by atoms with Gasteiger partial charge in [0.2, 0.25) is 5.91 Å². The van der Waals surface area contributed by atoms with Gasteiger partial charge in [0.05, 0.1) is 5.75 Å². The highest BCUT2D eigenvalue weighted by molar-refractivity contribution is 9.10. The number of para-hydroxylation sites is 1. The number of anilines is 1. The van der Waals surface area contributed by atoms with E-state index in [4.69, 9.17) is 4.74 Å². The molecule has 2 aromatic carbocycles. The van der Waals surface area contributed by atoms with Crippen LogP contribution in [0.25, 0.3) is 0 Å². The number of benzene rings is 2. The molecule has 0 saturated heterocycles. The molecule has 1 aromatic heterocycles. The number of amides is 1. The maximum atomic E-state index is 12.4. The molecule has 0 aliphatic rings. The average molecular weight is 475 g/mol. The first kappa shape index (κ1) is 21.4. The van der Waals surface area contributed by atoms with Crippen LogP contribution in [0, 0.1) is 13.8 Å². The first-order chi connectivity index (χ1) is 13.9. The van der Waals surface area contributed by atoms with Gasteiger partial charge in [0.15, 0.2) is 17.1 Å². The number of thioether (sulfide) groups is 1. The van der Waals surface area contributed by atoms with E-state index in [1.807, 2.05) is 74.9 Å². The lowest BCUT2D eigenvalue weighted by Crippen LogP contribution is -2.16. The van der Waals surface area contributed by atoms with E-state index in [-0.39, 0.29) is 17.8 Å². The maximum absolute atomic E-state index is 12.4. The highest BCUT2D eigenvalue weighted by Gasteiger charge is 2.18. The number of aromatic nitrogens is 3. The van der Waals surface area contributed by atoms with E-state index in [2.05, 4.69) is 31.4 Å². The zero-order valence-corrected chi connectivity index (χ0v) is 19.2. The summed E-state index contributed by atoms with van der Waals surface area (Å²) in [5.74, 6) is 1.64. The second kappa shape index (κ2) is 9.45. The molecule has 6 nitrogen and oxygen atoms in total. The standard InChI is InChI=1S/C21H23BrN4O2S/c1-13-14(2)18(11-10-17(13)22)23-19(27)12-29-21-25-24-20(26(21)4)15(3)28-16-8-6-5-7-9-16/h5-11,15H,12H2,1-4H3,(H,23,27). The van der Waals surface area contributed by atoms with E-state index in [1.54, 1.807) is 0 Å². The Bertz CT molecular complexity index is 1010. The summed E-state index contributed by atoms with van der Waals surface area (Å²) in [6.07, 6.45) is -0.258. The van der Waals surface area contributed by atoms with E-state index in [0.29, 0.717) is 11.0 Å². The molecule has 1 N–H and O–H groups in total. The van der Waals surface area contributed by atoms with Crippen molar-refractivity contribution in [1.82, 2.24) is 14.8 Å². The Labute approximate surface area is 183 Å². The normalized spacial score (nSPS) is 11.9. The number of hydrogen-bond acceptors (Lipinski definition) is 5. The fraction of sp³-hybridized carbons (Fsp3) is 0.286. The zero-order valence-electron chi connectivity index (χ0n) is 16.8. The number of hydrogen-bond donors (Lipinski definition) is 1. The quantitative estimate of drug-likeness (QED) is 0.484. The number of nitrogens with one attached hydrogen (secondary N) is 1. The smallest absolute Gasteiger partial charge is 0.234 e. The Morgan fingerprint density at radius 2 is 1.90 bits per heavy atom. The molecule has 1 heterocycles. The summed E-state index contributed by atoms with van der Waals surface area (Å²) in [5, 5.41) is 12.1. The fourth-order valence-corrected chi connectivity index (χ4v) is 3.95. The number of ether oxygens (including phenoxy) is 1. The molecule has 152 valence electrons. The van der Waals surface area contributed by atoms with Crippen LogP contribution in [0.1, 0.15) is 30.0 Å². The van der Waals surface area contributed by atoms with Crippen molar-refractivity contribution in [3.63, 3.8) is 0 Å². The molecule has 3 aromatic rings. The van der Waals surface area contributed by atoms with Gasteiger partial charge < -0.3 is 14.6 Å². The molecule has 8 heteroatoms. The van der Waals surface area contributed by atoms with E-state index in [1.165, 1.54) is 11.8 Å². The van der Waals surface area contributed by atoms with E-state index >= 15 is 0 Å². The van der Waals surface area contributed by atoms with E-state index < -0.39 is 0 Å². The molecular weight excluding hydrogens is 452 g/mol. The molecule has 3 rings (SSSR count). The lowest BCUT2D eigenvalue weighted by atomic mass is 10.1. The van der Waals surface area contributed by atoms with Gasteiger partial charge in [-0.2, -0.15) is 0 Å². The van der Waals surface area contributed by atoms with E-state index in [0.717, 1.165) is 27.0 Å². The molecule has 29 heavy (non-hydrogen) atoms. The van der Waals surface area contributed by atoms with Crippen molar-refractivity contribution in [2.45, 2.75) is 32.0 Å². The maximum Gasteiger partial charge on any atom is 0.234 e. The van der Waals surface area contributed by atoms with Crippen LogP contribution in [0.5, 0.6) is 5.75 Å². The number of halogens is 1. The highest BCUT2D eigenvalue weighted by Crippen LogP contribution is 2.27. The van der Waals surface area contributed by atoms with Crippen LogP contribution in [-0.4, -0.2) is 26.4 Å². The van der Waals surface area contributed by atoms with Gasteiger partial charge in [-0.3, -0.25) is 4.79 Å². The zero-order chi connectivity index (χ0) is 21.0. The second-order valence-corrected chi connectivity index (χ2v) is 8.45.